The fourth-order valence-corrected chi connectivity index (χ4v) is 25.0. The predicted octanol–water partition coefficient (Wildman–Crippen LogP) is 36.3. The van der Waals surface area contributed by atoms with Gasteiger partial charge in [0, 0.05) is 78.3 Å². The minimum atomic E-state index is -0.403. The topological polar surface area (TPSA) is 9.72 Å². The monoisotopic (exact) mass is 1780 g/mol. The van der Waals surface area contributed by atoms with E-state index in [9.17, 15) is 0 Å². The van der Waals surface area contributed by atoms with Gasteiger partial charge in [-0.3, -0.25) is 0 Å². The molecule has 7 aliphatic rings. The molecular formula is C136H107N3. The summed E-state index contributed by atoms with van der Waals surface area (Å²) in [5.74, 6) is 0. The molecule has 20 aromatic rings. The van der Waals surface area contributed by atoms with Gasteiger partial charge in [-0.15, -0.1) is 0 Å². The van der Waals surface area contributed by atoms with Gasteiger partial charge in [0.25, 0.3) is 0 Å². The Morgan fingerprint density at radius 1 is 0.115 bits per heavy atom. The van der Waals surface area contributed by atoms with Crippen molar-refractivity contribution in [3.05, 3.63) is 545 Å². The third-order valence-electron chi connectivity index (χ3n) is 32.0. The Bertz CT molecular complexity index is 8050. The van der Waals surface area contributed by atoms with Crippen LogP contribution in [0.2, 0.25) is 0 Å². The molecule has 0 unspecified atom stereocenters. The highest BCUT2D eigenvalue weighted by atomic mass is 15.2. The molecular weight excluding hydrogens is 1680 g/mol. The summed E-state index contributed by atoms with van der Waals surface area (Å²) < 4.78 is 0. The van der Waals surface area contributed by atoms with E-state index in [4.69, 9.17) is 0 Å². The van der Waals surface area contributed by atoms with Crippen molar-refractivity contribution in [2.24, 2.45) is 0 Å². The van der Waals surface area contributed by atoms with E-state index in [0.29, 0.717) is 0 Å². The van der Waals surface area contributed by atoms with Crippen molar-refractivity contribution in [3.8, 4) is 111 Å². The smallest absolute Gasteiger partial charge is 0.0726 e. The maximum absolute atomic E-state index is 2.49. The molecule has 3 nitrogen and oxygen atoms in total. The van der Waals surface area contributed by atoms with Crippen LogP contribution in [0.25, 0.3) is 111 Å². The molecule has 666 valence electrons. The van der Waals surface area contributed by atoms with E-state index < -0.39 is 5.41 Å². The first-order chi connectivity index (χ1) is 67.7. The molecule has 0 radical (unpaired) electrons. The van der Waals surface area contributed by atoms with E-state index in [2.05, 4.69) is 551 Å². The number of nitrogens with zero attached hydrogens (tertiary/aromatic N) is 3. The second-order valence-electron chi connectivity index (χ2n) is 41.4. The highest BCUT2D eigenvalue weighted by Gasteiger charge is 2.52. The molecule has 0 bridgehead atoms. The first kappa shape index (κ1) is 84.5. The van der Waals surface area contributed by atoms with Crippen LogP contribution in [-0.2, 0) is 32.5 Å². The molecule has 0 amide bonds. The number of hydrogen-bond donors (Lipinski definition) is 0. The Morgan fingerprint density at radius 2 is 0.288 bits per heavy atom. The first-order valence-corrected chi connectivity index (χ1v) is 49.3. The molecule has 0 atom stereocenters. The molecule has 0 saturated carbocycles. The lowest BCUT2D eigenvalue weighted by Gasteiger charge is -2.32. The Kier molecular flexibility index (Phi) is 19.6. The van der Waals surface area contributed by atoms with E-state index in [1.165, 1.54) is 212 Å². The zero-order chi connectivity index (χ0) is 94.0. The molecule has 1 spiro atoms. The molecule has 0 aliphatic heterocycles. The largest absolute Gasteiger partial charge is 0.310 e. The van der Waals surface area contributed by atoms with Crippen LogP contribution >= 0.6 is 0 Å². The van der Waals surface area contributed by atoms with E-state index in [1.54, 1.807) is 0 Å². The number of anilines is 9. The van der Waals surface area contributed by atoms with Crippen molar-refractivity contribution >= 4 is 51.2 Å². The molecule has 139 heavy (non-hydrogen) atoms. The second-order valence-corrected chi connectivity index (χ2v) is 41.4. The van der Waals surface area contributed by atoms with Crippen LogP contribution < -0.4 is 14.7 Å². The Hall–Kier alpha value is -16.2. The quantitative estimate of drug-likeness (QED) is 0.121. The van der Waals surface area contributed by atoms with E-state index in [0.717, 1.165) is 28.4 Å². The Labute approximate surface area is 818 Å². The summed E-state index contributed by atoms with van der Waals surface area (Å²) in [6, 6.07) is 173. The zero-order valence-electron chi connectivity index (χ0n) is 80.3. The minimum Gasteiger partial charge on any atom is -0.310 e. The predicted molar refractivity (Wildman–Crippen MR) is 584 cm³/mol. The number of fused-ring (bicyclic) bond motifs is 25. The average molecular weight is 1780 g/mol. The van der Waals surface area contributed by atoms with E-state index in [-0.39, 0.29) is 27.1 Å². The van der Waals surface area contributed by atoms with Gasteiger partial charge in [0.2, 0.25) is 0 Å². The van der Waals surface area contributed by atoms with Crippen LogP contribution in [0.15, 0.2) is 467 Å². The van der Waals surface area contributed by atoms with Gasteiger partial charge < -0.3 is 14.7 Å². The van der Waals surface area contributed by atoms with E-state index >= 15 is 0 Å². The fraction of sp³-hybridized carbons (Fsp3) is 0.118. The van der Waals surface area contributed by atoms with Gasteiger partial charge >= 0.3 is 0 Å². The summed E-state index contributed by atoms with van der Waals surface area (Å²) in [5, 5.41) is 0. The average Bonchev–Trinajstić information content (AvgIpc) is 1.50. The van der Waals surface area contributed by atoms with Crippen molar-refractivity contribution in [1.29, 1.82) is 0 Å². The Balaban J connectivity index is 0.000000111. The second kappa shape index (κ2) is 32.2. The van der Waals surface area contributed by atoms with Crippen LogP contribution in [0.5, 0.6) is 0 Å². The van der Waals surface area contributed by atoms with Gasteiger partial charge in [0.15, 0.2) is 0 Å². The van der Waals surface area contributed by atoms with Crippen LogP contribution in [-0.4, -0.2) is 0 Å². The summed E-state index contributed by atoms with van der Waals surface area (Å²) in [7, 11) is 0. The standard InChI is InChI=1S/C52H37N.2C42H35N/c1-51(2)45-20-10-6-16-39(45)43-30-28-37(32-49(43)51)53(36-26-24-35(25-27-36)34-14-4-3-5-15-34)38-29-31-44-42-19-9-13-23-48(42)52(50(44)33-38)46-21-11-7-17-40(46)41-18-8-12-22-47(41)52;1-41(2)37-19-10-8-17-33(37)35-23-21-31(26-39(35)41)43(30-16-12-15-29(25-30)28-13-6-5-7-14-28)32-22-24-36-34-18-9-11-20-38(34)42(3,4)40(36)27-32;1-41(2)37-16-10-8-14-33(37)35-24-22-31(26-39(35)41)43(30-20-18-29(19-21-30)28-12-6-5-7-13-28)32-23-25-36-34-15-9-11-17-38(34)42(3,4)40(36)27-32/h3-33H,1-2H3;2*5-27H,1-4H3. The number of hydrogen-bond acceptors (Lipinski definition) is 3. The summed E-state index contributed by atoms with van der Waals surface area (Å²) in [5.41, 5.74) is 55.0. The van der Waals surface area contributed by atoms with Crippen LogP contribution in [0, 0.1) is 0 Å². The van der Waals surface area contributed by atoms with Crippen LogP contribution in [0.3, 0.4) is 0 Å². The Morgan fingerprint density at radius 3 is 0.554 bits per heavy atom. The lowest BCUT2D eigenvalue weighted by molar-refractivity contribution is 0.659. The zero-order valence-corrected chi connectivity index (χ0v) is 80.3. The molecule has 0 saturated heterocycles. The van der Waals surface area contributed by atoms with Gasteiger partial charge in [-0.25, -0.2) is 0 Å². The highest BCUT2D eigenvalue weighted by Crippen LogP contribution is 2.65. The summed E-state index contributed by atoms with van der Waals surface area (Å²) in [4.78, 5) is 7.36. The van der Waals surface area contributed by atoms with Crippen LogP contribution in [0.1, 0.15) is 147 Å². The molecule has 0 N–H and O–H groups in total. The molecule has 7 aliphatic carbocycles. The van der Waals surface area contributed by atoms with Crippen molar-refractivity contribution in [1.82, 2.24) is 0 Å². The summed E-state index contributed by atoms with van der Waals surface area (Å²) in [6.45, 7) is 23.6. The maximum Gasteiger partial charge on any atom is 0.0726 e. The molecule has 0 heterocycles. The maximum atomic E-state index is 2.49. The van der Waals surface area contributed by atoms with Crippen molar-refractivity contribution in [2.75, 3.05) is 14.7 Å². The molecule has 20 aromatic carbocycles. The van der Waals surface area contributed by atoms with Gasteiger partial charge in [0.05, 0.1) is 5.41 Å². The van der Waals surface area contributed by atoms with Crippen molar-refractivity contribution < 1.29 is 0 Å². The van der Waals surface area contributed by atoms with Crippen LogP contribution in [0.4, 0.5) is 51.2 Å². The lowest BCUT2D eigenvalue weighted by atomic mass is 9.70. The summed E-state index contributed by atoms with van der Waals surface area (Å²) in [6.07, 6.45) is 0. The van der Waals surface area contributed by atoms with Crippen molar-refractivity contribution in [3.63, 3.8) is 0 Å². The number of benzene rings is 20. The third kappa shape index (κ3) is 13.2. The third-order valence-corrected chi connectivity index (χ3v) is 32.0. The van der Waals surface area contributed by atoms with E-state index in [1.807, 2.05) is 0 Å². The molecule has 3 heteroatoms. The van der Waals surface area contributed by atoms with Gasteiger partial charge in [-0.2, -0.15) is 0 Å². The number of rotatable bonds is 12. The molecule has 0 fully saturated rings. The molecule has 0 aromatic heterocycles. The summed E-state index contributed by atoms with van der Waals surface area (Å²) >= 11 is 0. The highest BCUT2D eigenvalue weighted by molar-refractivity contribution is 5.99. The fourth-order valence-electron chi connectivity index (χ4n) is 25.0. The lowest BCUT2D eigenvalue weighted by Crippen LogP contribution is -2.26. The van der Waals surface area contributed by atoms with Gasteiger partial charge in [0.1, 0.15) is 0 Å². The minimum absolute atomic E-state index is 0.0632. The first-order valence-electron chi connectivity index (χ1n) is 49.3. The van der Waals surface area contributed by atoms with Gasteiger partial charge in [-0.05, 0) is 298 Å². The molecule has 27 rings (SSSR count). The van der Waals surface area contributed by atoms with Gasteiger partial charge in [-0.1, -0.05) is 427 Å². The van der Waals surface area contributed by atoms with Crippen molar-refractivity contribution in [2.45, 2.75) is 102 Å². The SMILES string of the molecule is CC1(C)c2ccccc2-c2ccc(N(c3ccc(-c4ccccc4)cc3)c3ccc4c(c3)C(C)(C)c3ccccc3-4)cc21.CC1(C)c2ccccc2-c2ccc(N(c3ccc(-c4ccccc4)cc3)c3ccc4c(c3)C3(c5ccccc5-c5ccccc53)c3ccccc3-4)cc21.CC1(C)c2ccccc2-c2ccc(N(c3cccc(-c4ccccc4)c3)c3ccc4c(c3)C(C)(C)c3ccccc3-4)cc21. The normalized spacial score (nSPS) is 14.7.